The minimum Gasteiger partial charge on any atom is -0.321 e. The molecule has 0 bridgehead atoms. The minimum absolute atomic E-state index is 0.141. The Bertz CT molecular complexity index is 737. The van der Waals surface area contributed by atoms with Crippen molar-refractivity contribution in [3.05, 3.63) is 62.4 Å². The van der Waals surface area contributed by atoms with Gasteiger partial charge in [-0.15, -0.1) is 0 Å². The molecule has 7 nitrogen and oxygen atoms in total. The molecule has 0 spiro atoms. The standard InChI is InChI=1S/C12H8N4O3/c13-6-7-1-3-8(4-2-7)14-11(18)9-5-10(17)16-12(19)15-9/h1-5H,(H,14,18)(H2,15,16,17,19). The number of aromatic nitrogens is 2. The Morgan fingerprint density at radius 1 is 1.16 bits per heavy atom. The van der Waals surface area contributed by atoms with Gasteiger partial charge in [0.1, 0.15) is 5.69 Å². The van der Waals surface area contributed by atoms with E-state index in [4.69, 9.17) is 5.26 Å². The summed E-state index contributed by atoms with van der Waals surface area (Å²) < 4.78 is 0. The second kappa shape index (κ2) is 5.01. The third-order valence-corrected chi connectivity index (χ3v) is 2.28. The van der Waals surface area contributed by atoms with E-state index in [0.717, 1.165) is 6.07 Å². The van der Waals surface area contributed by atoms with Gasteiger partial charge >= 0.3 is 5.69 Å². The van der Waals surface area contributed by atoms with Crippen LogP contribution in [0.1, 0.15) is 16.1 Å². The van der Waals surface area contributed by atoms with E-state index in [0.29, 0.717) is 11.3 Å². The lowest BCUT2D eigenvalue weighted by atomic mass is 10.2. The molecule has 2 rings (SSSR count). The molecule has 0 aliphatic carbocycles. The van der Waals surface area contributed by atoms with Crippen LogP contribution in [-0.4, -0.2) is 15.9 Å². The fraction of sp³-hybridized carbons (Fsp3) is 0. The zero-order chi connectivity index (χ0) is 13.8. The van der Waals surface area contributed by atoms with Crippen LogP contribution >= 0.6 is 0 Å². The first-order chi connectivity index (χ1) is 9.08. The Labute approximate surface area is 106 Å². The number of carbonyl (C=O) groups is 1. The van der Waals surface area contributed by atoms with Crippen LogP contribution in [0.3, 0.4) is 0 Å². The highest BCUT2D eigenvalue weighted by Gasteiger charge is 2.08. The van der Waals surface area contributed by atoms with E-state index in [1.54, 1.807) is 12.1 Å². The SMILES string of the molecule is N#Cc1ccc(NC(=O)c2cc(=O)[nH]c(=O)[nH]2)cc1. The second-order valence-corrected chi connectivity index (χ2v) is 3.64. The van der Waals surface area contributed by atoms with Crippen LogP contribution in [-0.2, 0) is 0 Å². The molecule has 1 heterocycles. The van der Waals surface area contributed by atoms with E-state index < -0.39 is 17.2 Å². The highest BCUT2D eigenvalue weighted by molar-refractivity contribution is 6.02. The molecule has 0 radical (unpaired) electrons. The molecule has 0 saturated heterocycles. The van der Waals surface area contributed by atoms with Crippen LogP contribution in [0.5, 0.6) is 0 Å². The first-order valence-corrected chi connectivity index (χ1v) is 5.23. The third kappa shape index (κ3) is 2.95. The summed E-state index contributed by atoms with van der Waals surface area (Å²) in [7, 11) is 0. The smallest absolute Gasteiger partial charge is 0.321 e. The molecular formula is C12H8N4O3. The van der Waals surface area contributed by atoms with Crippen molar-refractivity contribution in [3.8, 4) is 6.07 Å². The van der Waals surface area contributed by atoms with E-state index in [-0.39, 0.29) is 5.69 Å². The molecular weight excluding hydrogens is 248 g/mol. The summed E-state index contributed by atoms with van der Waals surface area (Å²) in [6.45, 7) is 0. The molecule has 1 amide bonds. The van der Waals surface area contributed by atoms with Crippen molar-refractivity contribution in [1.82, 2.24) is 9.97 Å². The van der Waals surface area contributed by atoms with Crippen LogP contribution in [0.4, 0.5) is 5.69 Å². The van der Waals surface area contributed by atoms with E-state index >= 15 is 0 Å². The van der Waals surface area contributed by atoms with Gasteiger partial charge in [0.2, 0.25) is 0 Å². The Morgan fingerprint density at radius 3 is 2.42 bits per heavy atom. The van der Waals surface area contributed by atoms with Gasteiger partial charge in [-0.2, -0.15) is 5.26 Å². The molecule has 7 heteroatoms. The molecule has 0 fully saturated rings. The topological polar surface area (TPSA) is 119 Å². The maximum Gasteiger partial charge on any atom is 0.326 e. The summed E-state index contributed by atoms with van der Waals surface area (Å²) in [6.07, 6.45) is 0. The zero-order valence-corrected chi connectivity index (χ0v) is 9.56. The van der Waals surface area contributed by atoms with Gasteiger partial charge in [-0.3, -0.25) is 14.6 Å². The van der Waals surface area contributed by atoms with Crippen LogP contribution in [0, 0.1) is 11.3 Å². The molecule has 94 valence electrons. The highest BCUT2D eigenvalue weighted by atomic mass is 16.2. The molecule has 0 atom stereocenters. The summed E-state index contributed by atoms with van der Waals surface area (Å²) >= 11 is 0. The van der Waals surface area contributed by atoms with Gasteiger partial charge in [-0.1, -0.05) is 0 Å². The summed E-state index contributed by atoms with van der Waals surface area (Å²) in [5.41, 5.74) is -0.642. The Morgan fingerprint density at radius 2 is 1.84 bits per heavy atom. The third-order valence-electron chi connectivity index (χ3n) is 2.28. The number of amides is 1. The minimum atomic E-state index is -0.752. The summed E-state index contributed by atoms with van der Waals surface area (Å²) in [4.78, 5) is 38.0. The first kappa shape index (κ1) is 12.3. The first-order valence-electron chi connectivity index (χ1n) is 5.23. The van der Waals surface area contributed by atoms with Crippen LogP contribution in [0.2, 0.25) is 0 Å². The lowest BCUT2D eigenvalue weighted by Crippen LogP contribution is -2.27. The lowest BCUT2D eigenvalue weighted by molar-refractivity contribution is 0.102. The van der Waals surface area contributed by atoms with Gasteiger partial charge in [0, 0.05) is 11.8 Å². The van der Waals surface area contributed by atoms with E-state index in [9.17, 15) is 14.4 Å². The summed E-state index contributed by atoms with van der Waals surface area (Å²) in [5, 5.41) is 11.1. The Hall–Kier alpha value is -3.14. The molecule has 1 aromatic carbocycles. The summed E-state index contributed by atoms with van der Waals surface area (Å²) in [5.74, 6) is -0.618. The highest BCUT2D eigenvalue weighted by Crippen LogP contribution is 2.09. The van der Waals surface area contributed by atoms with Crippen molar-refractivity contribution < 1.29 is 4.79 Å². The lowest BCUT2D eigenvalue weighted by Gasteiger charge is -2.04. The number of anilines is 1. The van der Waals surface area contributed by atoms with Gasteiger partial charge in [0.15, 0.2) is 0 Å². The second-order valence-electron chi connectivity index (χ2n) is 3.64. The molecule has 2 aromatic rings. The van der Waals surface area contributed by atoms with Crippen LogP contribution < -0.4 is 16.6 Å². The van der Waals surface area contributed by atoms with Gasteiger partial charge in [-0.25, -0.2) is 4.79 Å². The maximum atomic E-state index is 11.8. The predicted octanol–water partition coefficient (Wildman–Crippen LogP) is 0.187. The van der Waals surface area contributed by atoms with Gasteiger partial charge < -0.3 is 10.3 Å². The van der Waals surface area contributed by atoms with E-state index in [1.807, 2.05) is 11.1 Å². The quantitative estimate of drug-likeness (QED) is 0.710. The number of H-pyrrole nitrogens is 2. The normalized spacial score (nSPS) is 9.63. The fourth-order valence-electron chi connectivity index (χ4n) is 1.42. The van der Waals surface area contributed by atoms with Crippen molar-refractivity contribution in [1.29, 1.82) is 5.26 Å². The number of nitrogens with one attached hydrogen (secondary N) is 3. The van der Waals surface area contributed by atoms with Crippen molar-refractivity contribution in [3.63, 3.8) is 0 Å². The largest absolute Gasteiger partial charge is 0.326 e. The zero-order valence-electron chi connectivity index (χ0n) is 9.56. The van der Waals surface area contributed by atoms with Gasteiger partial charge in [0.05, 0.1) is 11.6 Å². The summed E-state index contributed by atoms with van der Waals surface area (Å²) in [6, 6.07) is 9.10. The molecule has 1 aromatic heterocycles. The van der Waals surface area contributed by atoms with Crippen molar-refractivity contribution >= 4 is 11.6 Å². The predicted molar refractivity (Wildman–Crippen MR) is 66.8 cm³/mol. The Balaban J connectivity index is 2.23. The number of aromatic amines is 2. The number of nitrogens with zero attached hydrogens (tertiary/aromatic N) is 1. The number of benzene rings is 1. The van der Waals surface area contributed by atoms with E-state index in [2.05, 4.69) is 10.3 Å². The van der Waals surface area contributed by atoms with Crippen molar-refractivity contribution in [2.75, 3.05) is 5.32 Å². The number of nitriles is 1. The molecule has 0 unspecified atom stereocenters. The van der Waals surface area contributed by atoms with Crippen molar-refractivity contribution in [2.45, 2.75) is 0 Å². The number of hydrogen-bond donors (Lipinski definition) is 3. The molecule has 0 saturated carbocycles. The number of carbonyl (C=O) groups excluding carboxylic acids is 1. The number of rotatable bonds is 2. The molecule has 19 heavy (non-hydrogen) atoms. The monoisotopic (exact) mass is 256 g/mol. The number of hydrogen-bond acceptors (Lipinski definition) is 4. The molecule has 0 aliphatic heterocycles. The maximum absolute atomic E-state index is 11.8. The molecule has 0 aliphatic rings. The van der Waals surface area contributed by atoms with Crippen LogP contribution in [0.25, 0.3) is 0 Å². The average Bonchev–Trinajstić information content (AvgIpc) is 2.38. The Kier molecular flexibility index (Phi) is 3.25. The van der Waals surface area contributed by atoms with Crippen molar-refractivity contribution in [2.24, 2.45) is 0 Å². The van der Waals surface area contributed by atoms with Crippen LogP contribution in [0.15, 0.2) is 39.9 Å². The molecule has 3 N–H and O–H groups in total. The van der Waals surface area contributed by atoms with E-state index in [1.165, 1.54) is 12.1 Å². The fourth-order valence-corrected chi connectivity index (χ4v) is 1.42. The van der Waals surface area contributed by atoms with Gasteiger partial charge in [0.25, 0.3) is 11.5 Å². The average molecular weight is 256 g/mol. The van der Waals surface area contributed by atoms with Gasteiger partial charge in [-0.05, 0) is 24.3 Å².